The van der Waals surface area contributed by atoms with E-state index in [4.69, 9.17) is 19.3 Å². The molecule has 0 spiro atoms. The summed E-state index contributed by atoms with van der Waals surface area (Å²) in [7, 11) is 1.39. The maximum Gasteiger partial charge on any atom is 1.00 e. The van der Waals surface area contributed by atoms with Crippen LogP contribution >= 0.6 is 0 Å². The summed E-state index contributed by atoms with van der Waals surface area (Å²) in [5.74, 6) is -3.01. The van der Waals surface area contributed by atoms with Crippen LogP contribution in [0.3, 0.4) is 0 Å². The van der Waals surface area contributed by atoms with Gasteiger partial charge in [0.25, 0.3) is 0 Å². The van der Waals surface area contributed by atoms with Gasteiger partial charge < -0.3 is 31.4 Å². The van der Waals surface area contributed by atoms with Crippen LogP contribution in [0.1, 0.15) is 14.3 Å². The van der Waals surface area contributed by atoms with Crippen molar-refractivity contribution in [2.45, 2.75) is 12.8 Å². The first-order valence-electron chi connectivity index (χ1n) is 12.4. The summed E-state index contributed by atoms with van der Waals surface area (Å²) in [6.45, 7) is -0.577. The predicted molar refractivity (Wildman–Crippen MR) is 144 cm³/mol. The molecule has 13 heteroatoms. The zero-order valence-electron chi connectivity index (χ0n) is 23.6. The average molecular weight is 571 g/mol. The number of hydrogen-bond donors (Lipinski definition) is 3. The summed E-state index contributed by atoms with van der Waals surface area (Å²) >= 11 is 0. The quantitative estimate of drug-likeness (QED) is 0.195. The van der Waals surface area contributed by atoms with E-state index in [1.165, 1.54) is 67.9 Å². The first-order valence-corrected chi connectivity index (χ1v) is 12.4. The molecule has 10 nitrogen and oxygen atoms in total. The summed E-state index contributed by atoms with van der Waals surface area (Å²) in [6, 6.07) is 13.6. The predicted octanol–water partition coefficient (Wildman–Crippen LogP) is 2.25. The van der Waals surface area contributed by atoms with E-state index in [1.807, 2.05) is 0 Å². The number of carbonyl (C=O) groups excluding carboxylic acids is 2. The number of fused-ring (bicyclic) bond motifs is 1. The Morgan fingerprint density at radius 3 is 2.19 bits per heavy atom. The van der Waals surface area contributed by atoms with Crippen molar-refractivity contribution < 1.29 is 62.8 Å². The monoisotopic (exact) mass is 571 g/mol. The molecule has 2 amide bonds. The van der Waals surface area contributed by atoms with Crippen molar-refractivity contribution in [1.29, 1.82) is 0 Å². The largest absolute Gasteiger partial charge is 1.00 e. The Balaban J connectivity index is 0.00000253. The third-order valence-corrected chi connectivity index (χ3v) is 6.47. The number of carboxylic acid groups (broad SMARTS) is 1. The molecule has 0 aliphatic heterocycles. The number of amides is 2. The number of methoxy groups -OCH3 is 1. The molecule has 0 bridgehead atoms. The molecule has 1 aliphatic rings. The Morgan fingerprint density at radius 2 is 1.57 bits per heavy atom. The molecular weight excluding hydrogens is 547 g/mol. The fourth-order valence-electron chi connectivity index (χ4n) is 4.13. The molecule has 0 radical (unpaired) electrons. The van der Waals surface area contributed by atoms with Crippen LogP contribution in [0, 0.1) is 17.0 Å². The fourth-order valence-corrected chi connectivity index (χ4v) is 4.13. The molecule has 0 atom stereocenters. The van der Waals surface area contributed by atoms with Crippen molar-refractivity contribution >= 4 is 40.1 Å². The molecule has 3 aromatic carbocycles. The van der Waals surface area contributed by atoms with Crippen molar-refractivity contribution in [1.82, 2.24) is 4.98 Å². The number of carbonyl (C=O) groups is 3. The number of carboxylic acids is 1. The van der Waals surface area contributed by atoms with Gasteiger partial charge in [-0.1, -0.05) is 0 Å². The van der Waals surface area contributed by atoms with E-state index in [1.54, 1.807) is 0 Å². The molecule has 1 saturated carbocycles. The van der Waals surface area contributed by atoms with Gasteiger partial charge in [-0.15, -0.1) is 0 Å². The molecule has 1 aliphatic carbocycles. The van der Waals surface area contributed by atoms with Crippen LogP contribution in [-0.2, 0) is 14.4 Å². The summed E-state index contributed by atoms with van der Waals surface area (Å²) in [6.07, 6.45) is 2.07. The number of nitrogens with zero attached hydrogens (tertiary/aromatic N) is 1. The number of pyridine rings is 1. The number of aromatic nitrogens is 1. The summed E-state index contributed by atoms with van der Waals surface area (Å²) in [5.41, 5.74) is -0.431. The van der Waals surface area contributed by atoms with Crippen molar-refractivity contribution in [3.8, 4) is 23.0 Å². The van der Waals surface area contributed by atoms with Gasteiger partial charge in [0.1, 0.15) is 17.0 Å². The Hall–Kier alpha value is -4.66. The second-order valence-electron chi connectivity index (χ2n) is 9.26. The minimum atomic E-state index is -1.30. The normalized spacial score (nSPS) is 12.9. The minimum Gasteiger partial charge on any atom is -1.00 e. The van der Waals surface area contributed by atoms with E-state index < -0.39 is 41.4 Å². The van der Waals surface area contributed by atoms with Crippen molar-refractivity contribution in [3.63, 3.8) is 0 Å². The molecule has 0 unspecified atom stereocenters. The molecule has 1 aromatic heterocycles. The Labute approximate surface area is 251 Å². The molecule has 1 fully saturated rings. The molecule has 3 N–H and O–H groups in total. The van der Waals surface area contributed by atoms with Gasteiger partial charge >= 0.3 is 24.8 Å². The van der Waals surface area contributed by atoms with Crippen molar-refractivity contribution in [2.24, 2.45) is 5.41 Å². The van der Waals surface area contributed by atoms with Crippen LogP contribution in [-0.4, -0.2) is 41.6 Å². The van der Waals surface area contributed by atoms with E-state index in [0.717, 1.165) is 6.07 Å². The van der Waals surface area contributed by atoms with Crippen LogP contribution in [0.25, 0.3) is 10.9 Å². The zero-order valence-corrected chi connectivity index (χ0v) is 22.6. The summed E-state index contributed by atoms with van der Waals surface area (Å²) in [5, 5.41) is 14.5. The van der Waals surface area contributed by atoms with E-state index in [0.29, 0.717) is 29.4 Å². The van der Waals surface area contributed by atoms with Crippen LogP contribution < -0.4 is 43.7 Å². The first kappa shape index (κ1) is 30.3. The Bertz CT molecular complexity index is 1670. The van der Waals surface area contributed by atoms with Gasteiger partial charge in [-0.2, -0.15) is 0 Å². The van der Waals surface area contributed by atoms with Gasteiger partial charge in [-0.3, -0.25) is 14.6 Å². The maximum atomic E-state index is 15.1. The number of rotatable bonds is 10. The van der Waals surface area contributed by atoms with E-state index >= 15 is 4.39 Å². The molecule has 212 valence electrons. The maximum absolute atomic E-state index is 15.1. The van der Waals surface area contributed by atoms with E-state index in [-0.39, 0.29) is 49.0 Å². The minimum absolute atomic E-state index is 0. The number of aliphatic carboxylic acids is 1. The Kier molecular flexibility index (Phi) is 8.99. The van der Waals surface area contributed by atoms with Gasteiger partial charge in [-0.25, -0.2) is 13.6 Å². The Morgan fingerprint density at radius 1 is 0.905 bits per heavy atom. The average Bonchev–Trinajstić information content (AvgIpc) is 3.77. The molecule has 5 rings (SSSR count). The molecule has 42 heavy (non-hydrogen) atoms. The molecule has 1 heterocycles. The number of halogens is 2. The summed E-state index contributed by atoms with van der Waals surface area (Å²) in [4.78, 5) is 40.8. The van der Waals surface area contributed by atoms with E-state index in [2.05, 4.69) is 15.6 Å². The molecule has 0 saturated heterocycles. The number of benzene rings is 3. The molecular formula is C29H24F2LiN3O7. The zero-order chi connectivity index (χ0) is 29.1. The fraction of sp³-hybridized carbons (Fsp3) is 0.172. The second-order valence-corrected chi connectivity index (χ2v) is 9.26. The van der Waals surface area contributed by atoms with Gasteiger partial charge in [-0.05, 0) is 61.4 Å². The van der Waals surface area contributed by atoms with Gasteiger partial charge in [0, 0.05) is 35.1 Å². The third kappa shape index (κ3) is 6.46. The number of hydrogen-bond acceptors (Lipinski definition) is 7. The SMILES string of the molecule is COc1cc2c(Oc3ccc(NC(=O)C4(C(=O)Nc5ccc(F)cc5)CC4)cc3F)ccnc2cc1OCC(=O)O.[H-].[Li+]. The van der Waals surface area contributed by atoms with Gasteiger partial charge in [0.2, 0.25) is 11.8 Å². The van der Waals surface area contributed by atoms with Crippen LogP contribution in [0.15, 0.2) is 66.9 Å². The van der Waals surface area contributed by atoms with Crippen molar-refractivity contribution in [2.75, 3.05) is 24.4 Å². The van der Waals surface area contributed by atoms with Gasteiger partial charge in [0.05, 0.1) is 12.6 Å². The van der Waals surface area contributed by atoms with Crippen LogP contribution in [0.4, 0.5) is 20.2 Å². The number of anilines is 2. The first-order chi connectivity index (χ1) is 19.7. The second kappa shape index (κ2) is 12.5. The smallest absolute Gasteiger partial charge is 1.00 e. The van der Waals surface area contributed by atoms with Crippen molar-refractivity contribution in [3.05, 3.63) is 78.5 Å². The molecule has 4 aromatic rings. The van der Waals surface area contributed by atoms with Crippen LogP contribution in [0.2, 0.25) is 0 Å². The standard InChI is InChI=1S/C29H23F2N3O7.Li.H/c1-39-24-13-19-21(14-25(24)40-15-26(35)36)32-11-8-22(19)41-23-7-6-18(12-20(23)31)34-28(38)29(9-10-29)27(37)33-17-4-2-16(30)3-5-17;;/h2-8,11-14H,9-10,15H2,1H3,(H,33,37)(H,34,38)(H,35,36);;/q;+1;-1. The van der Waals surface area contributed by atoms with Crippen LogP contribution in [0.5, 0.6) is 23.0 Å². The summed E-state index contributed by atoms with van der Waals surface area (Å²) < 4.78 is 44.6. The number of ether oxygens (including phenoxy) is 3. The number of nitrogens with one attached hydrogen (secondary N) is 2. The topological polar surface area (TPSA) is 136 Å². The van der Waals surface area contributed by atoms with E-state index in [9.17, 15) is 18.8 Å². The third-order valence-electron chi connectivity index (χ3n) is 6.47. The van der Waals surface area contributed by atoms with Gasteiger partial charge in [0.15, 0.2) is 29.7 Å².